The fraction of sp³-hybridized carbons (Fsp3) is 0.600. The fourth-order valence-corrected chi connectivity index (χ4v) is 1.97. The van der Waals surface area contributed by atoms with Crippen LogP contribution in [0.5, 0.6) is 0 Å². The van der Waals surface area contributed by atoms with Crippen molar-refractivity contribution in [3.63, 3.8) is 0 Å². The second kappa shape index (κ2) is 7.26. The predicted molar refractivity (Wildman–Crippen MR) is 83.7 cm³/mol. The number of amides is 1. The second-order valence-corrected chi connectivity index (χ2v) is 5.85. The zero-order valence-electron chi connectivity index (χ0n) is 13.0. The van der Waals surface area contributed by atoms with Gasteiger partial charge >= 0.3 is 6.09 Å². The van der Waals surface area contributed by atoms with Crippen molar-refractivity contribution in [2.75, 3.05) is 12.4 Å². The van der Waals surface area contributed by atoms with Gasteiger partial charge in [-0.1, -0.05) is 0 Å². The number of nitrogens with one attached hydrogen (secondary N) is 1. The third kappa shape index (κ3) is 4.90. The van der Waals surface area contributed by atoms with Crippen molar-refractivity contribution in [1.82, 2.24) is 4.57 Å². The monoisotopic (exact) mass is 298 g/mol. The van der Waals surface area contributed by atoms with Crippen LogP contribution in [-0.2, 0) is 4.74 Å². The smallest absolute Gasteiger partial charge is 0.412 e. The molecule has 2 N–H and O–H groups in total. The minimum atomic E-state index is -0.601. The Bertz CT molecular complexity index is 533. The van der Waals surface area contributed by atoms with Crippen LogP contribution >= 0.6 is 0 Å². The van der Waals surface area contributed by atoms with E-state index in [9.17, 15) is 9.59 Å². The van der Waals surface area contributed by atoms with Gasteiger partial charge in [-0.15, -0.1) is 0 Å². The number of nitrogens with zero attached hydrogens (tertiary/aromatic N) is 1. The predicted octanol–water partition coefficient (Wildman–Crippen LogP) is 2.77. The SMILES string of the molecule is CC(C)(C)OC(=O)Nc1cccn(C2CCC2)c1=O.CO.[HH]. The van der Waals surface area contributed by atoms with Gasteiger partial charge in [0.15, 0.2) is 0 Å². The van der Waals surface area contributed by atoms with Crippen LogP contribution in [0, 0.1) is 0 Å². The lowest BCUT2D eigenvalue weighted by Crippen LogP contribution is -2.33. The van der Waals surface area contributed by atoms with Gasteiger partial charge in [0.05, 0.1) is 0 Å². The molecule has 120 valence electrons. The van der Waals surface area contributed by atoms with E-state index in [2.05, 4.69) is 5.32 Å². The summed E-state index contributed by atoms with van der Waals surface area (Å²) in [6, 6.07) is 3.64. The van der Waals surface area contributed by atoms with Gasteiger partial charge in [-0.25, -0.2) is 4.79 Å². The molecule has 0 spiro atoms. The summed E-state index contributed by atoms with van der Waals surface area (Å²) in [6.07, 6.45) is 4.37. The molecule has 1 amide bonds. The third-order valence-electron chi connectivity index (χ3n) is 3.08. The Morgan fingerprint density at radius 1 is 1.43 bits per heavy atom. The van der Waals surface area contributed by atoms with Gasteiger partial charge in [-0.05, 0) is 52.2 Å². The number of hydrogen-bond donors (Lipinski definition) is 2. The van der Waals surface area contributed by atoms with E-state index >= 15 is 0 Å². The van der Waals surface area contributed by atoms with Gasteiger partial charge in [0.1, 0.15) is 11.3 Å². The number of carbonyl (C=O) groups is 1. The van der Waals surface area contributed by atoms with Crippen LogP contribution in [0.15, 0.2) is 23.1 Å². The summed E-state index contributed by atoms with van der Waals surface area (Å²) in [5, 5.41) is 9.52. The van der Waals surface area contributed by atoms with Crippen LogP contribution in [0.2, 0.25) is 0 Å². The summed E-state index contributed by atoms with van der Waals surface area (Å²) in [6.45, 7) is 5.35. The van der Waals surface area contributed by atoms with Gasteiger partial charge < -0.3 is 14.4 Å². The Hall–Kier alpha value is -1.82. The molecule has 0 saturated heterocycles. The quantitative estimate of drug-likeness (QED) is 0.879. The molecule has 1 aromatic rings. The lowest BCUT2D eigenvalue weighted by Gasteiger charge is -2.28. The molecule has 1 fully saturated rings. The van der Waals surface area contributed by atoms with Crippen molar-refractivity contribution >= 4 is 11.8 Å². The summed E-state index contributed by atoms with van der Waals surface area (Å²) in [5.74, 6) is 0. The molecule has 0 atom stereocenters. The van der Waals surface area contributed by atoms with Gasteiger partial charge in [0, 0.05) is 20.8 Å². The van der Waals surface area contributed by atoms with Crippen LogP contribution in [0.3, 0.4) is 0 Å². The van der Waals surface area contributed by atoms with Crippen molar-refractivity contribution in [2.24, 2.45) is 0 Å². The first-order chi connectivity index (χ1) is 9.87. The van der Waals surface area contributed by atoms with E-state index in [1.807, 2.05) is 0 Å². The molecule has 0 radical (unpaired) electrons. The summed E-state index contributed by atoms with van der Waals surface area (Å²) in [7, 11) is 1.00. The maximum Gasteiger partial charge on any atom is 0.412 e. The molecule has 21 heavy (non-hydrogen) atoms. The van der Waals surface area contributed by atoms with Gasteiger partial charge in [-0.2, -0.15) is 0 Å². The number of ether oxygens (including phenoxy) is 1. The van der Waals surface area contributed by atoms with Gasteiger partial charge in [-0.3, -0.25) is 10.1 Å². The molecule has 1 saturated carbocycles. The standard InChI is InChI=1S/C14H20N2O3.CH4O.H2/c1-14(2,3)19-13(18)15-11-8-5-9-16(12(11)17)10-6-4-7-10;1-2;/h5,8-10H,4,6-7H2,1-3H3,(H,15,18);2H,1H3;1H. The van der Waals surface area contributed by atoms with Crippen LogP contribution in [0.25, 0.3) is 0 Å². The van der Waals surface area contributed by atoms with Crippen LogP contribution in [-0.4, -0.2) is 28.5 Å². The lowest BCUT2D eigenvalue weighted by molar-refractivity contribution is 0.0635. The molecule has 0 unspecified atom stereocenters. The van der Waals surface area contributed by atoms with E-state index in [1.165, 1.54) is 0 Å². The highest BCUT2D eigenvalue weighted by molar-refractivity contribution is 5.84. The first-order valence-electron chi connectivity index (χ1n) is 7.03. The molecule has 1 aliphatic carbocycles. The maximum absolute atomic E-state index is 12.2. The Morgan fingerprint density at radius 3 is 2.52 bits per heavy atom. The maximum atomic E-state index is 12.2. The number of anilines is 1. The normalized spacial score (nSPS) is 14.5. The first-order valence-corrected chi connectivity index (χ1v) is 7.03. The summed E-state index contributed by atoms with van der Waals surface area (Å²) < 4.78 is 6.83. The third-order valence-corrected chi connectivity index (χ3v) is 3.08. The average molecular weight is 298 g/mol. The topological polar surface area (TPSA) is 80.6 Å². The zero-order chi connectivity index (χ0) is 16.0. The van der Waals surface area contributed by atoms with Crippen LogP contribution in [0.1, 0.15) is 47.5 Å². The molecule has 0 aliphatic heterocycles. The van der Waals surface area contributed by atoms with E-state index in [-0.39, 0.29) is 18.7 Å². The number of rotatable bonds is 2. The minimum absolute atomic E-state index is 0. The minimum Gasteiger partial charge on any atom is -0.444 e. The zero-order valence-corrected chi connectivity index (χ0v) is 13.0. The van der Waals surface area contributed by atoms with E-state index in [4.69, 9.17) is 9.84 Å². The second-order valence-electron chi connectivity index (χ2n) is 5.85. The number of carbonyl (C=O) groups excluding carboxylic acids is 1. The number of pyridine rings is 1. The Labute approximate surface area is 126 Å². The van der Waals surface area contributed by atoms with E-state index < -0.39 is 11.7 Å². The largest absolute Gasteiger partial charge is 0.444 e. The van der Waals surface area contributed by atoms with Crippen LogP contribution < -0.4 is 10.9 Å². The van der Waals surface area contributed by atoms with Crippen LogP contribution in [0.4, 0.5) is 10.5 Å². The number of aliphatic hydroxyl groups is 1. The summed E-state index contributed by atoms with van der Waals surface area (Å²) >= 11 is 0. The van der Waals surface area contributed by atoms with Crippen molar-refractivity contribution in [3.05, 3.63) is 28.7 Å². The fourth-order valence-electron chi connectivity index (χ4n) is 1.97. The van der Waals surface area contributed by atoms with Gasteiger partial charge in [0.25, 0.3) is 5.56 Å². The molecule has 1 aromatic heterocycles. The number of aromatic nitrogens is 1. The number of aliphatic hydroxyl groups excluding tert-OH is 1. The summed E-state index contributed by atoms with van der Waals surface area (Å²) in [5.41, 5.74) is -0.479. The van der Waals surface area contributed by atoms with Crippen molar-refractivity contribution in [1.29, 1.82) is 0 Å². The highest BCUT2D eigenvalue weighted by Crippen LogP contribution is 2.30. The summed E-state index contributed by atoms with van der Waals surface area (Å²) in [4.78, 5) is 23.9. The molecule has 6 heteroatoms. The van der Waals surface area contributed by atoms with E-state index in [1.54, 1.807) is 43.7 Å². The molecule has 1 heterocycles. The van der Waals surface area contributed by atoms with E-state index in [0.29, 0.717) is 0 Å². The lowest BCUT2D eigenvalue weighted by atomic mass is 9.93. The molecule has 6 nitrogen and oxygen atoms in total. The average Bonchev–Trinajstić information content (AvgIpc) is 2.32. The van der Waals surface area contributed by atoms with Crippen molar-refractivity contribution in [3.8, 4) is 0 Å². The van der Waals surface area contributed by atoms with E-state index in [0.717, 1.165) is 26.4 Å². The Morgan fingerprint density at radius 2 is 2.05 bits per heavy atom. The first kappa shape index (κ1) is 17.2. The molecular weight excluding hydrogens is 272 g/mol. The molecule has 1 aliphatic rings. The number of hydrogen-bond acceptors (Lipinski definition) is 4. The van der Waals surface area contributed by atoms with Crippen molar-refractivity contribution in [2.45, 2.75) is 51.7 Å². The Kier molecular flexibility index (Phi) is 5.96. The molecule has 0 bridgehead atoms. The Balaban J connectivity index is 0.00000141. The molecule has 0 aromatic carbocycles. The highest BCUT2D eigenvalue weighted by atomic mass is 16.6. The molecule has 2 rings (SSSR count). The molecular formula is C15H26N2O4. The highest BCUT2D eigenvalue weighted by Gasteiger charge is 2.22. The van der Waals surface area contributed by atoms with Crippen molar-refractivity contribution < 1.29 is 16.1 Å². The van der Waals surface area contributed by atoms with Gasteiger partial charge in [0.2, 0.25) is 0 Å².